The minimum atomic E-state index is -0.602. The lowest BCUT2D eigenvalue weighted by Crippen LogP contribution is -2.35. The second-order valence-corrected chi connectivity index (χ2v) is 9.92. The number of fused-ring (bicyclic) bond motifs is 1. The van der Waals surface area contributed by atoms with Crippen molar-refractivity contribution in [3.8, 4) is 0 Å². The molecule has 2 aliphatic rings. The van der Waals surface area contributed by atoms with Gasteiger partial charge in [0.05, 0.1) is 22.9 Å². The zero-order chi connectivity index (χ0) is 26.1. The minimum absolute atomic E-state index is 0.0424. The predicted molar refractivity (Wildman–Crippen MR) is 143 cm³/mol. The maximum Gasteiger partial charge on any atom is 0.285 e. The molecule has 8 nitrogen and oxygen atoms in total. The number of rotatable bonds is 5. The number of allylic oxidation sites excluding steroid dienone is 1. The number of pyridine rings is 1. The highest BCUT2D eigenvalue weighted by Crippen LogP contribution is 2.44. The van der Waals surface area contributed by atoms with Crippen molar-refractivity contribution in [2.75, 3.05) is 0 Å². The third-order valence-corrected chi connectivity index (χ3v) is 7.17. The molecule has 0 N–H and O–H groups in total. The van der Waals surface area contributed by atoms with Crippen LogP contribution in [-0.2, 0) is 11.3 Å². The SMILES string of the molecule is O=C(Cn1cc([N+](=O)[O-])ccc1=O)N1N=C2/C(=C\c3ccc(Cl)cc3)CCC[C@H]2[C@@H]1c1ccc(Cl)cc1. The van der Waals surface area contributed by atoms with E-state index in [1.807, 2.05) is 36.4 Å². The number of carbonyl (C=O) groups excluding carboxylic acids is 1. The van der Waals surface area contributed by atoms with E-state index in [-0.39, 0.29) is 24.2 Å². The number of hydrazone groups is 1. The molecule has 37 heavy (non-hydrogen) atoms. The molecular weight excluding hydrogens is 515 g/mol. The molecule has 0 spiro atoms. The highest BCUT2D eigenvalue weighted by Gasteiger charge is 2.43. The van der Waals surface area contributed by atoms with E-state index in [9.17, 15) is 19.7 Å². The molecule has 0 bridgehead atoms. The molecule has 0 unspecified atom stereocenters. The van der Waals surface area contributed by atoms with Crippen LogP contribution in [0.1, 0.15) is 36.4 Å². The molecule has 2 aromatic carbocycles. The number of halogens is 2. The second-order valence-electron chi connectivity index (χ2n) is 9.05. The first-order valence-corrected chi connectivity index (χ1v) is 12.5. The maximum absolute atomic E-state index is 13.6. The summed E-state index contributed by atoms with van der Waals surface area (Å²) in [6.45, 7) is -0.371. The van der Waals surface area contributed by atoms with E-state index in [4.69, 9.17) is 28.3 Å². The second kappa shape index (κ2) is 10.3. The Morgan fingerprint density at radius 3 is 2.41 bits per heavy atom. The van der Waals surface area contributed by atoms with Gasteiger partial charge in [-0.1, -0.05) is 47.5 Å². The summed E-state index contributed by atoms with van der Waals surface area (Å²) in [5, 5.41) is 18.6. The summed E-state index contributed by atoms with van der Waals surface area (Å²) in [6, 6.07) is 16.6. The Labute approximate surface area is 222 Å². The average molecular weight is 537 g/mol. The van der Waals surface area contributed by atoms with Crippen molar-refractivity contribution in [3.63, 3.8) is 0 Å². The molecule has 10 heteroatoms. The van der Waals surface area contributed by atoms with Crippen molar-refractivity contribution in [2.24, 2.45) is 11.0 Å². The molecule has 0 radical (unpaired) electrons. The quantitative estimate of drug-likeness (QED) is 0.300. The lowest BCUT2D eigenvalue weighted by Gasteiger charge is -2.29. The summed E-state index contributed by atoms with van der Waals surface area (Å²) in [4.78, 5) is 36.5. The van der Waals surface area contributed by atoms with Gasteiger partial charge >= 0.3 is 0 Å². The highest BCUT2D eigenvalue weighted by atomic mass is 35.5. The van der Waals surface area contributed by atoms with Crippen molar-refractivity contribution >= 4 is 46.6 Å². The zero-order valence-electron chi connectivity index (χ0n) is 19.6. The Morgan fingerprint density at radius 1 is 1.05 bits per heavy atom. The number of hydrogen-bond acceptors (Lipinski definition) is 5. The van der Waals surface area contributed by atoms with Gasteiger partial charge in [0.2, 0.25) is 0 Å². The van der Waals surface area contributed by atoms with E-state index in [0.717, 1.165) is 64.6 Å². The first kappa shape index (κ1) is 24.9. The third-order valence-electron chi connectivity index (χ3n) is 6.66. The van der Waals surface area contributed by atoms with Gasteiger partial charge in [0.1, 0.15) is 6.54 Å². The van der Waals surface area contributed by atoms with Crippen LogP contribution in [-0.4, -0.2) is 26.1 Å². The Balaban J connectivity index is 1.53. The van der Waals surface area contributed by atoms with E-state index in [1.165, 1.54) is 5.01 Å². The Hall–Kier alpha value is -3.75. The van der Waals surface area contributed by atoms with E-state index in [0.29, 0.717) is 10.0 Å². The number of nitrogens with zero attached hydrogens (tertiary/aromatic N) is 4. The van der Waals surface area contributed by atoms with Gasteiger partial charge in [0, 0.05) is 28.1 Å². The van der Waals surface area contributed by atoms with Gasteiger partial charge in [-0.05, 0) is 66.3 Å². The fraction of sp³-hybridized carbons (Fsp3) is 0.222. The lowest BCUT2D eigenvalue weighted by atomic mass is 9.77. The fourth-order valence-electron chi connectivity index (χ4n) is 4.93. The summed E-state index contributed by atoms with van der Waals surface area (Å²) in [5.74, 6) is -0.477. The third kappa shape index (κ3) is 5.21. The van der Waals surface area contributed by atoms with Gasteiger partial charge in [0.25, 0.3) is 17.2 Å². The van der Waals surface area contributed by atoms with Crippen LogP contribution >= 0.6 is 23.2 Å². The average Bonchev–Trinajstić information content (AvgIpc) is 3.28. The van der Waals surface area contributed by atoms with Crippen LogP contribution in [0.4, 0.5) is 5.69 Å². The van der Waals surface area contributed by atoms with Gasteiger partial charge in [-0.25, -0.2) is 5.01 Å². The molecule has 3 aromatic rings. The minimum Gasteiger partial charge on any atom is -0.299 e. The summed E-state index contributed by atoms with van der Waals surface area (Å²) in [7, 11) is 0. The molecule has 2 heterocycles. The van der Waals surface area contributed by atoms with Crippen LogP contribution in [0.3, 0.4) is 0 Å². The van der Waals surface area contributed by atoms with Crippen LogP contribution in [0.15, 0.2) is 82.3 Å². The first-order valence-electron chi connectivity index (χ1n) is 11.8. The molecule has 0 saturated heterocycles. The standard InChI is InChI=1S/C27H22Cl2N4O4/c28-20-8-4-17(5-9-20)14-19-2-1-3-23-26(19)30-32(27(23)18-6-10-21(29)11-7-18)25(35)16-31-15-22(33(36)37)12-13-24(31)34/h4-15,23,27H,1-3,16H2/b19-14-/t23-,27+/m1/s1. The van der Waals surface area contributed by atoms with Crippen LogP contribution in [0.5, 0.6) is 0 Å². The van der Waals surface area contributed by atoms with Crippen molar-refractivity contribution in [1.82, 2.24) is 9.58 Å². The van der Waals surface area contributed by atoms with Crippen molar-refractivity contribution in [1.29, 1.82) is 0 Å². The molecule has 1 amide bonds. The summed E-state index contributed by atoms with van der Waals surface area (Å²) in [6.07, 6.45) is 5.74. The monoisotopic (exact) mass is 536 g/mol. The molecular formula is C27H22Cl2N4O4. The summed E-state index contributed by atoms with van der Waals surface area (Å²) < 4.78 is 1.05. The van der Waals surface area contributed by atoms with Gasteiger partial charge in [-0.3, -0.25) is 24.3 Å². The molecule has 1 aliphatic heterocycles. The van der Waals surface area contributed by atoms with E-state index < -0.39 is 16.4 Å². The molecule has 1 fully saturated rings. The highest BCUT2D eigenvalue weighted by molar-refractivity contribution is 6.30. The largest absolute Gasteiger partial charge is 0.299 e. The predicted octanol–water partition coefficient (Wildman–Crippen LogP) is 5.89. The maximum atomic E-state index is 13.6. The Morgan fingerprint density at radius 2 is 1.73 bits per heavy atom. The van der Waals surface area contributed by atoms with Crippen LogP contribution < -0.4 is 5.56 Å². The number of benzene rings is 2. The normalized spacial score (nSPS) is 20.0. The van der Waals surface area contributed by atoms with Crippen molar-refractivity contribution in [3.05, 3.63) is 114 Å². The van der Waals surface area contributed by atoms with Gasteiger partial charge in [-0.2, -0.15) is 5.10 Å². The fourth-order valence-corrected chi connectivity index (χ4v) is 5.18. The molecule has 5 rings (SSSR count). The smallest absolute Gasteiger partial charge is 0.285 e. The molecule has 1 aliphatic carbocycles. The van der Waals surface area contributed by atoms with Crippen LogP contribution in [0.2, 0.25) is 10.0 Å². The molecule has 1 aromatic heterocycles. The Kier molecular flexibility index (Phi) is 6.95. The van der Waals surface area contributed by atoms with E-state index in [1.54, 1.807) is 12.1 Å². The molecule has 188 valence electrons. The van der Waals surface area contributed by atoms with E-state index >= 15 is 0 Å². The van der Waals surface area contributed by atoms with E-state index in [2.05, 4.69) is 6.08 Å². The zero-order valence-corrected chi connectivity index (χ0v) is 21.1. The lowest BCUT2D eigenvalue weighted by molar-refractivity contribution is -0.385. The molecule has 2 atom stereocenters. The Bertz CT molecular complexity index is 1480. The topological polar surface area (TPSA) is 97.8 Å². The van der Waals surface area contributed by atoms with Crippen LogP contribution in [0, 0.1) is 16.0 Å². The van der Waals surface area contributed by atoms with Gasteiger partial charge in [-0.15, -0.1) is 0 Å². The number of aromatic nitrogens is 1. The van der Waals surface area contributed by atoms with Crippen molar-refractivity contribution < 1.29 is 9.72 Å². The van der Waals surface area contributed by atoms with Gasteiger partial charge in [0.15, 0.2) is 0 Å². The summed E-state index contributed by atoms with van der Waals surface area (Å²) in [5.41, 5.74) is 2.96. The number of hydrogen-bond donors (Lipinski definition) is 0. The number of carbonyl (C=O) groups is 1. The van der Waals surface area contributed by atoms with Gasteiger partial charge < -0.3 is 0 Å². The summed E-state index contributed by atoms with van der Waals surface area (Å²) >= 11 is 12.2. The first-order chi connectivity index (χ1) is 17.8. The van der Waals surface area contributed by atoms with Crippen LogP contribution in [0.25, 0.3) is 6.08 Å². The molecule has 1 saturated carbocycles. The number of amides is 1. The van der Waals surface area contributed by atoms with Crippen molar-refractivity contribution in [2.45, 2.75) is 31.8 Å². The number of nitro groups is 1.